The zero-order valence-corrected chi connectivity index (χ0v) is 52.4. The standard InChI is InChI=1S/C66H130NO8P/c1-6-8-10-12-14-16-18-20-22-23-24-25-26-27-28-29-30-31-32-33-34-35-36-37-38-39-40-41-42-43-45-47-49-51-53-55-57-59-66(69)75-64(63-74-76(70,71)73-61-60-67(3,4)5)62-72-65(68)58-56-54-52-50-48-46-44-21-19-17-15-13-11-9-7-2/h23-24,64H,6-22,25-63H2,1-5H3/p+1/b24-23-. The van der Waals surface area contributed by atoms with Gasteiger partial charge < -0.3 is 18.9 Å². The lowest BCUT2D eigenvalue weighted by Crippen LogP contribution is -2.37. The smallest absolute Gasteiger partial charge is 0.462 e. The van der Waals surface area contributed by atoms with Gasteiger partial charge in [0.1, 0.15) is 19.8 Å². The minimum Gasteiger partial charge on any atom is -0.462 e. The largest absolute Gasteiger partial charge is 0.472 e. The predicted molar refractivity (Wildman–Crippen MR) is 326 cm³/mol. The van der Waals surface area contributed by atoms with Gasteiger partial charge in [0, 0.05) is 12.8 Å². The van der Waals surface area contributed by atoms with E-state index in [1.54, 1.807) is 0 Å². The predicted octanol–water partition coefficient (Wildman–Crippen LogP) is 21.2. The van der Waals surface area contributed by atoms with Crippen molar-refractivity contribution < 1.29 is 42.1 Å². The monoisotopic (exact) mass is 1100 g/mol. The normalized spacial score (nSPS) is 13.2. The first-order valence-corrected chi connectivity index (χ1v) is 34.9. The van der Waals surface area contributed by atoms with E-state index in [1.165, 1.54) is 283 Å². The second kappa shape index (κ2) is 58.4. The van der Waals surface area contributed by atoms with Gasteiger partial charge in [0.05, 0.1) is 27.7 Å². The molecule has 0 aliphatic heterocycles. The summed E-state index contributed by atoms with van der Waals surface area (Å²) in [7, 11) is 1.50. The van der Waals surface area contributed by atoms with Crippen molar-refractivity contribution in [3.8, 4) is 0 Å². The van der Waals surface area contributed by atoms with Gasteiger partial charge in [-0.25, -0.2) is 4.57 Å². The Morgan fingerprint density at radius 3 is 0.974 bits per heavy atom. The van der Waals surface area contributed by atoms with Crippen LogP contribution in [0.3, 0.4) is 0 Å². The van der Waals surface area contributed by atoms with Gasteiger partial charge in [-0.05, 0) is 38.5 Å². The number of nitrogens with zero attached hydrogens (tertiary/aromatic N) is 1. The molecule has 10 heteroatoms. The maximum Gasteiger partial charge on any atom is 0.472 e. The van der Waals surface area contributed by atoms with Gasteiger partial charge in [0.2, 0.25) is 0 Å². The molecule has 0 aliphatic carbocycles. The van der Waals surface area contributed by atoms with Crippen LogP contribution in [0.15, 0.2) is 12.2 Å². The molecule has 9 nitrogen and oxygen atoms in total. The minimum absolute atomic E-state index is 0.0367. The van der Waals surface area contributed by atoms with Crippen molar-refractivity contribution in [3.63, 3.8) is 0 Å². The third-order valence-electron chi connectivity index (χ3n) is 15.3. The summed E-state index contributed by atoms with van der Waals surface area (Å²) in [6, 6.07) is 0. The molecule has 2 unspecified atom stereocenters. The molecule has 1 N–H and O–H groups in total. The number of hydrogen-bond donors (Lipinski definition) is 1. The van der Waals surface area contributed by atoms with E-state index in [1.807, 2.05) is 21.1 Å². The maximum absolute atomic E-state index is 12.8. The maximum atomic E-state index is 12.8. The van der Waals surface area contributed by atoms with Crippen molar-refractivity contribution in [2.45, 2.75) is 354 Å². The quantitative estimate of drug-likeness (QED) is 0.0211. The Balaban J connectivity index is 3.88. The Labute approximate surface area is 473 Å². The molecule has 0 saturated carbocycles. The average Bonchev–Trinajstić information content (AvgIpc) is 3.38. The Hall–Kier alpha value is -1.25. The number of esters is 2. The van der Waals surface area contributed by atoms with Crippen molar-refractivity contribution >= 4 is 19.8 Å². The number of phosphoric ester groups is 1. The van der Waals surface area contributed by atoms with Crippen molar-refractivity contribution in [1.29, 1.82) is 0 Å². The molecular weight excluding hydrogens is 966 g/mol. The molecule has 0 amide bonds. The fourth-order valence-corrected chi connectivity index (χ4v) is 10.9. The summed E-state index contributed by atoms with van der Waals surface area (Å²) >= 11 is 0. The van der Waals surface area contributed by atoms with Crippen LogP contribution in [0.1, 0.15) is 348 Å². The number of quaternary nitrogens is 1. The van der Waals surface area contributed by atoms with Crippen LogP contribution in [0.25, 0.3) is 0 Å². The van der Waals surface area contributed by atoms with Crippen LogP contribution in [0.4, 0.5) is 0 Å². The van der Waals surface area contributed by atoms with Crippen LogP contribution < -0.4 is 0 Å². The van der Waals surface area contributed by atoms with Crippen molar-refractivity contribution in [1.82, 2.24) is 0 Å². The third-order valence-corrected chi connectivity index (χ3v) is 16.3. The van der Waals surface area contributed by atoms with Crippen LogP contribution in [0, 0.1) is 0 Å². The topological polar surface area (TPSA) is 108 Å². The summed E-state index contributed by atoms with van der Waals surface area (Å²) in [5.41, 5.74) is 0. The zero-order valence-electron chi connectivity index (χ0n) is 51.5. The van der Waals surface area contributed by atoms with E-state index in [-0.39, 0.29) is 25.6 Å². The van der Waals surface area contributed by atoms with Gasteiger partial charge in [-0.15, -0.1) is 0 Å². The van der Waals surface area contributed by atoms with Crippen molar-refractivity contribution in [2.75, 3.05) is 47.5 Å². The van der Waals surface area contributed by atoms with Crippen LogP contribution in [-0.2, 0) is 32.7 Å². The SMILES string of the molecule is CCCCCCCCCC/C=C\CCCCCCCCCCCCCCCCCCCCCCCCCCCC(=O)OC(COC(=O)CCCCCCCCCCCCCCCCC)COP(=O)(O)OCC[N+](C)(C)C. The van der Waals surface area contributed by atoms with Crippen LogP contribution in [-0.4, -0.2) is 74.9 Å². The van der Waals surface area contributed by atoms with Crippen LogP contribution >= 0.6 is 7.82 Å². The lowest BCUT2D eigenvalue weighted by atomic mass is 10.0. The molecular formula is C66H131NO8P+. The number of ether oxygens (including phenoxy) is 2. The Morgan fingerprint density at radius 2 is 0.671 bits per heavy atom. The second-order valence-corrected chi connectivity index (χ2v) is 25.7. The Kier molecular flexibility index (Phi) is 57.4. The lowest BCUT2D eigenvalue weighted by Gasteiger charge is -2.24. The summed E-state index contributed by atoms with van der Waals surface area (Å²) < 4.78 is 34.6. The van der Waals surface area contributed by atoms with Gasteiger partial charge in [-0.3, -0.25) is 18.6 Å². The van der Waals surface area contributed by atoms with Crippen molar-refractivity contribution in [3.05, 3.63) is 12.2 Å². The average molecular weight is 1100 g/mol. The molecule has 2 atom stereocenters. The number of hydrogen-bond acceptors (Lipinski definition) is 7. The number of rotatable bonds is 63. The van der Waals surface area contributed by atoms with E-state index in [4.69, 9.17) is 18.5 Å². The lowest BCUT2D eigenvalue weighted by molar-refractivity contribution is -0.870. The number of carbonyl (C=O) groups excluding carboxylic acids is 2. The van der Waals surface area contributed by atoms with E-state index in [0.29, 0.717) is 17.4 Å². The molecule has 0 aromatic rings. The first-order valence-electron chi connectivity index (χ1n) is 33.4. The highest BCUT2D eigenvalue weighted by Gasteiger charge is 2.27. The van der Waals surface area contributed by atoms with E-state index in [0.717, 1.165) is 38.5 Å². The Morgan fingerprint density at radius 1 is 0.395 bits per heavy atom. The molecule has 452 valence electrons. The Bertz CT molecular complexity index is 1290. The fourth-order valence-electron chi connectivity index (χ4n) is 10.1. The molecule has 0 radical (unpaired) electrons. The minimum atomic E-state index is -4.38. The highest BCUT2D eigenvalue weighted by atomic mass is 31.2. The van der Waals surface area contributed by atoms with Gasteiger partial charge in [-0.2, -0.15) is 0 Å². The third kappa shape index (κ3) is 62.0. The molecule has 0 aliphatic rings. The molecule has 0 fully saturated rings. The fraction of sp³-hybridized carbons (Fsp3) is 0.939. The summed E-state index contributed by atoms with van der Waals surface area (Å²) in [6.45, 7) is 4.50. The number of unbranched alkanes of at least 4 members (excludes halogenated alkanes) is 47. The summed E-state index contributed by atoms with van der Waals surface area (Å²) in [5, 5.41) is 0. The first kappa shape index (κ1) is 74.8. The van der Waals surface area contributed by atoms with E-state index in [9.17, 15) is 19.0 Å². The number of carbonyl (C=O) groups is 2. The van der Waals surface area contributed by atoms with Crippen LogP contribution in [0.5, 0.6) is 0 Å². The van der Waals surface area contributed by atoms with Gasteiger partial charge in [-0.1, -0.05) is 309 Å². The molecule has 0 aromatic carbocycles. The summed E-state index contributed by atoms with van der Waals surface area (Å²) in [6.07, 6.45) is 70.4. The number of likely N-dealkylation sites (N-methyl/N-ethyl adjacent to an activating group) is 1. The molecule has 0 heterocycles. The number of allylic oxidation sites excluding steroid dienone is 2. The first-order chi connectivity index (χ1) is 37.0. The molecule has 0 bridgehead atoms. The highest BCUT2D eigenvalue weighted by Crippen LogP contribution is 2.43. The summed E-state index contributed by atoms with van der Waals surface area (Å²) in [5.74, 6) is -0.774. The highest BCUT2D eigenvalue weighted by molar-refractivity contribution is 7.47. The molecule has 0 rings (SSSR count). The number of phosphoric acid groups is 1. The molecule has 76 heavy (non-hydrogen) atoms. The van der Waals surface area contributed by atoms with E-state index in [2.05, 4.69) is 26.0 Å². The van der Waals surface area contributed by atoms with E-state index >= 15 is 0 Å². The van der Waals surface area contributed by atoms with Gasteiger partial charge in [0.15, 0.2) is 6.10 Å². The van der Waals surface area contributed by atoms with E-state index < -0.39 is 26.5 Å². The molecule has 0 spiro atoms. The second-order valence-electron chi connectivity index (χ2n) is 24.2. The summed E-state index contributed by atoms with van der Waals surface area (Å²) in [4.78, 5) is 35.7. The van der Waals surface area contributed by atoms with Gasteiger partial charge in [0.25, 0.3) is 0 Å². The molecule has 0 saturated heterocycles. The van der Waals surface area contributed by atoms with Crippen molar-refractivity contribution in [2.24, 2.45) is 0 Å². The molecule has 0 aromatic heterocycles. The van der Waals surface area contributed by atoms with Gasteiger partial charge >= 0.3 is 19.8 Å². The van der Waals surface area contributed by atoms with Crippen LogP contribution in [0.2, 0.25) is 0 Å². The zero-order chi connectivity index (χ0) is 55.6.